The third-order valence-corrected chi connectivity index (χ3v) is 5.50. The SMILES string of the molecule is C=CC(=O)N1CCC[C@H](Nc2ncnc(N)c2C(=N)c2ccc(Oc3ccccc3)cc2)C1. The number of aromatic nitrogens is 2. The highest BCUT2D eigenvalue weighted by atomic mass is 16.5. The van der Waals surface area contributed by atoms with Crippen LogP contribution >= 0.6 is 0 Å². The molecule has 1 aliphatic heterocycles. The van der Waals surface area contributed by atoms with Gasteiger partial charge in [0.1, 0.15) is 29.5 Å². The van der Waals surface area contributed by atoms with Crippen LogP contribution in [0, 0.1) is 5.41 Å². The third-order valence-electron chi connectivity index (χ3n) is 5.50. The van der Waals surface area contributed by atoms with Gasteiger partial charge in [-0.25, -0.2) is 9.97 Å². The molecule has 1 aromatic heterocycles. The number of likely N-dealkylation sites (tertiary alicyclic amines) is 1. The number of para-hydroxylation sites is 1. The summed E-state index contributed by atoms with van der Waals surface area (Å²) in [6.07, 6.45) is 4.45. The van der Waals surface area contributed by atoms with Gasteiger partial charge < -0.3 is 20.7 Å². The summed E-state index contributed by atoms with van der Waals surface area (Å²) in [4.78, 5) is 22.2. The van der Waals surface area contributed by atoms with E-state index < -0.39 is 0 Å². The van der Waals surface area contributed by atoms with Gasteiger partial charge in [-0.15, -0.1) is 0 Å². The van der Waals surface area contributed by atoms with E-state index in [1.165, 1.54) is 12.4 Å². The minimum absolute atomic E-state index is 0.00912. The van der Waals surface area contributed by atoms with Gasteiger partial charge in [-0.05, 0) is 55.3 Å². The summed E-state index contributed by atoms with van der Waals surface area (Å²) in [5.74, 6) is 2.02. The van der Waals surface area contributed by atoms with Gasteiger partial charge in [0.15, 0.2) is 0 Å². The van der Waals surface area contributed by atoms with Crippen LogP contribution in [0.4, 0.5) is 11.6 Å². The lowest BCUT2D eigenvalue weighted by Crippen LogP contribution is -2.44. The molecule has 0 saturated carbocycles. The highest BCUT2D eigenvalue weighted by Gasteiger charge is 2.25. The molecule has 2 heterocycles. The van der Waals surface area contributed by atoms with E-state index in [4.69, 9.17) is 15.9 Å². The van der Waals surface area contributed by atoms with Gasteiger partial charge in [-0.1, -0.05) is 24.8 Å². The van der Waals surface area contributed by atoms with Crippen molar-refractivity contribution in [2.24, 2.45) is 0 Å². The Kier molecular flexibility index (Phi) is 6.64. The second-order valence-electron chi connectivity index (χ2n) is 7.77. The first kappa shape index (κ1) is 22.0. The first-order valence-corrected chi connectivity index (χ1v) is 10.8. The van der Waals surface area contributed by atoms with Crippen molar-refractivity contribution in [1.82, 2.24) is 14.9 Å². The summed E-state index contributed by atoms with van der Waals surface area (Å²) >= 11 is 0. The molecule has 1 aliphatic rings. The lowest BCUT2D eigenvalue weighted by Gasteiger charge is -2.33. The van der Waals surface area contributed by atoms with Gasteiger partial charge in [0.25, 0.3) is 0 Å². The van der Waals surface area contributed by atoms with Crippen molar-refractivity contribution < 1.29 is 9.53 Å². The van der Waals surface area contributed by atoms with Crippen LogP contribution < -0.4 is 15.8 Å². The maximum Gasteiger partial charge on any atom is 0.246 e. The summed E-state index contributed by atoms with van der Waals surface area (Å²) in [5, 5.41) is 12.1. The topological polar surface area (TPSA) is 117 Å². The molecule has 2 aromatic carbocycles. The number of carbonyl (C=O) groups excluding carboxylic acids is 1. The zero-order chi connectivity index (χ0) is 23.2. The predicted octanol–water partition coefficient (Wildman–Crippen LogP) is 3.86. The quantitative estimate of drug-likeness (QED) is 0.378. The molecule has 168 valence electrons. The fourth-order valence-corrected chi connectivity index (χ4v) is 3.83. The van der Waals surface area contributed by atoms with Crippen molar-refractivity contribution >= 4 is 23.3 Å². The summed E-state index contributed by atoms with van der Waals surface area (Å²) < 4.78 is 5.83. The molecule has 1 fully saturated rings. The average Bonchev–Trinajstić information content (AvgIpc) is 2.84. The molecule has 8 nitrogen and oxygen atoms in total. The molecule has 4 N–H and O–H groups in total. The van der Waals surface area contributed by atoms with Crippen LogP contribution in [0.5, 0.6) is 11.5 Å². The van der Waals surface area contributed by atoms with Gasteiger partial charge in [-0.2, -0.15) is 0 Å². The van der Waals surface area contributed by atoms with E-state index in [-0.39, 0.29) is 23.5 Å². The molecule has 0 radical (unpaired) electrons. The second-order valence-corrected chi connectivity index (χ2v) is 7.77. The fraction of sp³-hybridized carbons (Fsp3) is 0.200. The zero-order valence-electron chi connectivity index (χ0n) is 18.2. The Balaban J connectivity index is 1.52. The maximum absolute atomic E-state index is 12.0. The maximum atomic E-state index is 12.0. The number of benzene rings is 2. The molecule has 0 aliphatic carbocycles. The highest BCUT2D eigenvalue weighted by molar-refractivity contribution is 6.16. The van der Waals surface area contributed by atoms with Crippen LogP contribution in [-0.2, 0) is 4.79 Å². The van der Waals surface area contributed by atoms with E-state index in [2.05, 4.69) is 21.9 Å². The van der Waals surface area contributed by atoms with E-state index in [1.54, 1.807) is 4.90 Å². The molecular formula is C25H26N6O2. The van der Waals surface area contributed by atoms with E-state index in [1.807, 2.05) is 54.6 Å². The van der Waals surface area contributed by atoms with E-state index in [0.29, 0.717) is 35.8 Å². The zero-order valence-corrected chi connectivity index (χ0v) is 18.2. The van der Waals surface area contributed by atoms with Crippen molar-refractivity contribution in [3.05, 3.63) is 84.7 Å². The number of amides is 1. The van der Waals surface area contributed by atoms with Crippen molar-refractivity contribution in [3.63, 3.8) is 0 Å². The number of carbonyl (C=O) groups is 1. The number of piperidine rings is 1. The molecule has 1 saturated heterocycles. The number of hydrogen-bond donors (Lipinski definition) is 3. The summed E-state index contributed by atoms with van der Waals surface area (Å²) in [6.45, 7) is 4.81. The normalized spacial score (nSPS) is 15.5. The van der Waals surface area contributed by atoms with E-state index in [9.17, 15) is 4.79 Å². The standard InChI is InChI=1S/C25H26N6O2/c1-2-21(32)31-14-6-7-18(15-31)30-25-22(24(27)28-16-29-25)23(26)17-10-12-20(13-11-17)33-19-8-4-3-5-9-19/h2-5,8-13,16,18,26H,1,6-7,14-15H2,(H3,27,28,29,30)/t18-/m0/s1. The number of rotatable bonds is 7. The summed E-state index contributed by atoms with van der Waals surface area (Å²) in [7, 11) is 0. The van der Waals surface area contributed by atoms with Gasteiger partial charge in [0, 0.05) is 24.7 Å². The van der Waals surface area contributed by atoms with Crippen molar-refractivity contribution in [1.29, 1.82) is 5.41 Å². The molecule has 8 heteroatoms. The lowest BCUT2D eigenvalue weighted by atomic mass is 10.0. The van der Waals surface area contributed by atoms with Crippen LogP contribution in [0.15, 0.2) is 73.6 Å². The average molecular weight is 443 g/mol. The number of nitrogen functional groups attached to an aromatic ring is 1. The van der Waals surface area contributed by atoms with Gasteiger partial charge in [0.05, 0.1) is 11.3 Å². The molecule has 3 aromatic rings. The third kappa shape index (κ3) is 5.17. The molecule has 33 heavy (non-hydrogen) atoms. The van der Waals surface area contributed by atoms with Crippen LogP contribution in [0.2, 0.25) is 0 Å². The van der Waals surface area contributed by atoms with Crippen molar-refractivity contribution in [3.8, 4) is 11.5 Å². The van der Waals surface area contributed by atoms with Crippen molar-refractivity contribution in [2.75, 3.05) is 24.1 Å². The Labute approximate surface area is 192 Å². The molecule has 4 rings (SSSR count). The second kappa shape index (κ2) is 9.95. The minimum Gasteiger partial charge on any atom is -0.457 e. The smallest absolute Gasteiger partial charge is 0.246 e. The minimum atomic E-state index is -0.0884. The molecule has 0 spiro atoms. The van der Waals surface area contributed by atoms with Crippen molar-refractivity contribution in [2.45, 2.75) is 18.9 Å². The summed E-state index contributed by atoms with van der Waals surface area (Å²) in [5.41, 5.74) is 7.46. The van der Waals surface area contributed by atoms with Gasteiger partial charge in [-0.3, -0.25) is 10.2 Å². The summed E-state index contributed by atoms with van der Waals surface area (Å²) in [6, 6.07) is 16.7. The van der Waals surface area contributed by atoms with Gasteiger partial charge in [0.2, 0.25) is 5.91 Å². The van der Waals surface area contributed by atoms with Gasteiger partial charge >= 0.3 is 0 Å². The number of nitrogens with two attached hydrogens (primary N) is 1. The molecule has 0 unspecified atom stereocenters. The highest BCUT2D eigenvalue weighted by Crippen LogP contribution is 2.26. The number of hydrogen-bond acceptors (Lipinski definition) is 7. The van der Waals surface area contributed by atoms with E-state index in [0.717, 1.165) is 18.6 Å². The molecule has 0 bridgehead atoms. The fourth-order valence-electron chi connectivity index (χ4n) is 3.83. The molecule has 1 atom stereocenters. The first-order chi connectivity index (χ1) is 16.0. The van der Waals surface area contributed by atoms with Crippen LogP contribution in [-0.4, -0.2) is 45.6 Å². The molecular weight excluding hydrogens is 416 g/mol. The number of anilines is 2. The first-order valence-electron chi connectivity index (χ1n) is 10.8. The van der Waals surface area contributed by atoms with Crippen LogP contribution in [0.1, 0.15) is 24.0 Å². The lowest BCUT2D eigenvalue weighted by molar-refractivity contribution is -0.127. The van der Waals surface area contributed by atoms with Crippen LogP contribution in [0.25, 0.3) is 0 Å². The predicted molar refractivity (Wildman–Crippen MR) is 129 cm³/mol. The number of nitrogens with one attached hydrogen (secondary N) is 2. The Hall–Kier alpha value is -4.20. The van der Waals surface area contributed by atoms with Crippen LogP contribution in [0.3, 0.4) is 0 Å². The Morgan fingerprint density at radius 3 is 2.61 bits per heavy atom. The Morgan fingerprint density at radius 1 is 1.15 bits per heavy atom. The number of ether oxygens (including phenoxy) is 1. The Morgan fingerprint density at radius 2 is 1.88 bits per heavy atom. The molecule has 1 amide bonds. The largest absolute Gasteiger partial charge is 0.457 e. The Bertz CT molecular complexity index is 1150. The van der Waals surface area contributed by atoms with E-state index >= 15 is 0 Å². The number of nitrogens with zero attached hydrogens (tertiary/aromatic N) is 3. The monoisotopic (exact) mass is 442 g/mol.